The van der Waals surface area contributed by atoms with Gasteiger partial charge >= 0.3 is 5.97 Å². The molecular formula is C26H25IO3S. The van der Waals surface area contributed by atoms with Crippen LogP contribution in [0.5, 0.6) is 5.75 Å². The van der Waals surface area contributed by atoms with Crippen LogP contribution in [0.3, 0.4) is 0 Å². The maximum atomic E-state index is 11.0. The van der Waals surface area contributed by atoms with Crippen LogP contribution in [-0.4, -0.2) is 11.7 Å². The van der Waals surface area contributed by atoms with Crippen molar-refractivity contribution >= 4 is 43.9 Å². The van der Waals surface area contributed by atoms with Crippen LogP contribution < -0.4 is 4.89 Å². The van der Waals surface area contributed by atoms with Gasteiger partial charge in [0.15, 0.2) is 5.75 Å². The lowest BCUT2D eigenvalue weighted by Gasteiger charge is -2.13. The summed E-state index contributed by atoms with van der Waals surface area (Å²) in [5.74, 6) is 0.988. The first kappa shape index (κ1) is 23.4. The van der Waals surface area contributed by atoms with Crippen molar-refractivity contribution in [1.29, 1.82) is 0 Å². The Bertz CT molecular complexity index is 1060. The molecular weight excluding hydrogens is 519 g/mol. The van der Waals surface area contributed by atoms with E-state index in [1.807, 2.05) is 25.1 Å². The average Bonchev–Trinajstić information content (AvgIpc) is 2.79. The largest absolute Gasteiger partial charge is 0.352 e. The highest BCUT2D eigenvalue weighted by Gasteiger charge is 2.12. The number of rotatable bonds is 8. The van der Waals surface area contributed by atoms with Gasteiger partial charge in [-0.25, -0.2) is 4.79 Å². The molecule has 3 aromatic rings. The predicted octanol–water partition coefficient (Wildman–Crippen LogP) is 7.65. The molecule has 0 heterocycles. The number of carbonyl (C=O) groups excluding carboxylic acids is 1. The summed E-state index contributed by atoms with van der Waals surface area (Å²) in [7, 11) is 0. The van der Waals surface area contributed by atoms with Crippen molar-refractivity contribution in [3.63, 3.8) is 0 Å². The number of hydrogen-bond donors (Lipinski definition) is 0. The molecule has 0 amide bonds. The lowest BCUT2D eigenvalue weighted by molar-refractivity contribution is -0.211. The van der Waals surface area contributed by atoms with E-state index in [1.165, 1.54) is 37.7 Å². The Balaban J connectivity index is 1.67. The van der Waals surface area contributed by atoms with E-state index >= 15 is 0 Å². The molecule has 0 atom stereocenters. The van der Waals surface area contributed by atoms with Gasteiger partial charge in [-0.3, -0.25) is 9.78 Å². The average molecular weight is 544 g/mol. The van der Waals surface area contributed by atoms with Crippen molar-refractivity contribution in [1.82, 2.24) is 0 Å². The molecule has 0 aliphatic rings. The minimum Gasteiger partial charge on any atom is -0.287 e. The summed E-state index contributed by atoms with van der Waals surface area (Å²) in [6, 6.07) is 23.0. The third-order valence-electron chi connectivity index (χ3n) is 4.88. The van der Waals surface area contributed by atoms with Crippen LogP contribution >= 0.6 is 34.4 Å². The van der Waals surface area contributed by atoms with E-state index < -0.39 is 5.97 Å². The predicted molar refractivity (Wildman–Crippen MR) is 138 cm³/mol. The molecule has 0 unspecified atom stereocenters. The van der Waals surface area contributed by atoms with Crippen LogP contribution in [0.1, 0.15) is 30.5 Å². The van der Waals surface area contributed by atoms with Crippen LogP contribution in [0, 0.1) is 6.92 Å². The number of thioether (sulfide) groups is 1. The van der Waals surface area contributed by atoms with Gasteiger partial charge in [0, 0.05) is 26.7 Å². The van der Waals surface area contributed by atoms with E-state index in [2.05, 4.69) is 84.1 Å². The lowest BCUT2D eigenvalue weighted by atomic mass is 10.0. The van der Waals surface area contributed by atoms with Gasteiger partial charge in [0.05, 0.1) is 0 Å². The van der Waals surface area contributed by atoms with Crippen LogP contribution in [-0.2, 0) is 16.1 Å². The van der Waals surface area contributed by atoms with Crippen molar-refractivity contribution in [2.45, 2.75) is 32.1 Å². The summed E-state index contributed by atoms with van der Waals surface area (Å²) in [5, 5.41) is 0. The fourth-order valence-corrected chi connectivity index (χ4v) is 5.20. The minimum atomic E-state index is -0.465. The molecule has 31 heavy (non-hydrogen) atoms. The van der Waals surface area contributed by atoms with Gasteiger partial charge in [-0.15, -0.1) is 11.8 Å². The Hall–Kier alpha value is -2.25. The quantitative estimate of drug-likeness (QED) is 0.126. The van der Waals surface area contributed by atoms with E-state index in [-0.39, 0.29) is 0 Å². The third kappa shape index (κ3) is 6.37. The maximum Gasteiger partial charge on any atom is 0.352 e. The molecule has 5 heteroatoms. The summed E-state index contributed by atoms with van der Waals surface area (Å²) in [6.07, 6.45) is 3.13. The first-order valence-electron chi connectivity index (χ1n) is 10.1. The first-order chi connectivity index (χ1) is 15.0. The zero-order valence-corrected chi connectivity index (χ0v) is 20.8. The second-order valence-electron chi connectivity index (χ2n) is 6.98. The minimum absolute atomic E-state index is 0.465. The monoisotopic (exact) mass is 544 g/mol. The first-order valence-corrected chi connectivity index (χ1v) is 12.2. The molecule has 0 N–H and O–H groups in total. The molecule has 3 aromatic carbocycles. The Morgan fingerprint density at radius 1 is 1.00 bits per heavy atom. The molecule has 0 bridgehead atoms. The maximum absolute atomic E-state index is 11.0. The van der Waals surface area contributed by atoms with Crippen LogP contribution in [0.25, 0.3) is 14.7 Å². The molecule has 0 aliphatic carbocycles. The number of benzene rings is 3. The number of carbonyl (C=O) groups is 1. The SMILES string of the molecule is CCc1c(SC/C=C(\I)c2ccc(-c3ccccc3)cc2)ccc(OOC(C)=O)c1C. The van der Waals surface area contributed by atoms with Gasteiger partial charge in [-0.1, -0.05) is 67.6 Å². The van der Waals surface area contributed by atoms with E-state index in [9.17, 15) is 4.79 Å². The van der Waals surface area contributed by atoms with Gasteiger partial charge in [0.25, 0.3) is 0 Å². The van der Waals surface area contributed by atoms with Crippen molar-refractivity contribution in [3.8, 4) is 16.9 Å². The molecule has 3 nitrogen and oxygen atoms in total. The summed E-state index contributed by atoms with van der Waals surface area (Å²) in [6.45, 7) is 5.44. The van der Waals surface area contributed by atoms with Crippen LogP contribution in [0.15, 0.2) is 77.7 Å². The standard InChI is InChI=1S/C26H25IO3S/c1-4-23-18(2)25(30-29-19(3)28)14-15-26(23)31-17-16-24(27)22-12-10-21(11-13-22)20-8-6-5-7-9-20/h5-16H,4,17H2,1-3H3/b24-16-. The highest BCUT2D eigenvalue weighted by atomic mass is 127. The number of halogens is 1. The summed E-state index contributed by atoms with van der Waals surface area (Å²) >= 11 is 4.20. The van der Waals surface area contributed by atoms with Gasteiger partial charge in [0.1, 0.15) is 0 Å². The fourth-order valence-electron chi connectivity index (χ4n) is 3.25. The Morgan fingerprint density at radius 2 is 1.68 bits per heavy atom. The number of hydrogen-bond acceptors (Lipinski definition) is 4. The van der Waals surface area contributed by atoms with Crippen LogP contribution in [0.4, 0.5) is 0 Å². The van der Waals surface area contributed by atoms with Crippen molar-refractivity contribution in [2.75, 3.05) is 5.75 Å². The van der Waals surface area contributed by atoms with E-state index in [0.717, 1.165) is 17.7 Å². The van der Waals surface area contributed by atoms with E-state index in [4.69, 9.17) is 9.78 Å². The highest BCUT2D eigenvalue weighted by molar-refractivity contribution is 14.1. The van der Waals surface area contributed by atoms with Gasteiger partial charge < -0.3 is 0 Å². The zero-order chi connectivity index (χ0) is 22.2. The molecule has 0 aliphatic heterocycles. The van der Waals surface area contributed by atoms with Crippen molar-refractivity contribution in [3.05, 3.63) is 89.5 Å². The van der Waals surface area contributed by atoms with E-state index in [0.29, 0.717) is 5.75 Å². The summed E-state index contributed by atoms with van der Waals surface area (Å²) in [5.41, 5.74) is 5.89. The van der Waals surface area contributed by atoms with Gasteiger partial charge in [-0.2, -0.15) is 0 Å². The second-order valence-corrected chi connectivity index (χ2v) is 9.21. The Morgan fingerprint density at radius 3 is 2.32 bits per heavy atom. The molecule has 0 radical (unpaired) electrons. The second kappa shape index (κ2) is 11.4. The normalized spacial score (nSPS) is 11.3. The van der Waals surface area contributed by atoms with Gasteiger partial charge in [-0.05, 0) is 70.3 Å². The molecule has 3 rings (SSSR count). The third-order valence-corrected chi connectivity index (χ3v) is 6.97. The summed E-state index contributed by atoms with van der Waals surface area (Å²) in [4.78, 5) is 22.1. The molecule has 0 fully saturated rings. The van der Waals surface area contributed by atoms with Gasteiger partial charge in [0.2, 0.25) is 0 Å². The smallest absolute Gasteiger partial charge is 0.287 e. The van der Waals surface area contributed by atoms with Crippen molar-refractivity contribution < 1.29 is 14.6 Å². The van der Waals surface area contributed by atoms with Crippen LogP contribution in [0.2, 0.25) is 0 Å². The zero-order valence-electron chi connectivity index (χ0n) is 17.9. The lowest BCUT2D eigenvalue weighted by Crippen LogP contribution is -2.05. The molecule has 0 saturated carbocycles. The van der Waals surface area contributed by atoms with Crippen molar-refractivity contribution in [2.24, 2.45) is 0 Å². The molecule has 0 saturated heterocycles. The molecule has 160 valence electrons. The highest BCUT2D eigenvalue weighted by Crippen LogP contribution is 2.33. The molecule has 0 spiro atoms. The molecule has 0 aromatic heterocycles. The Labute approximate surface area is 201 Å². The topological polar surface area (TPSA) is 35.5 Å². The fraction of sp³-hybridized carbons (Fsp3) is 0.192. The summed E-state index contributed by atoms with van der Waals surface area (Å²) < 4.78 is 1.23. The Kier molecular flexibility index (Phi) is 8.60. The van der Waals surface area contributed by atoms with E-state index in [1.54, 1.807) is 11.8 Å².